The summed E-state index contributed by atoms with van der Waals surface area (Å²) in [7, 11) is 0. The van der Waals surface area contributed by atoms with E-state index in [0.717, 1.165) is 0 Å². The molecule has 0 aliphatic heterocycles. The van der Waals surface area contributed by atoms with E-state index in [1.165, 1.54) is 59.2 Å². The van der Waals surface area contributed by atoms with Crippen LogP contribution in [-0.2, 0) is 57.8 Å². The second kappa shape index (κ2) is 25.3. The molecule has 0 atom stereocenters. The van der Waals surface area contributed by atoms with Gasteiger partial charge < -0.3 is 9.59 Å². The van der Waals surface area contributed by atoms with Crippen LogP contribution in [0.1, 0.15) is 69.2 Å². The maximum atomic E-state index is 7.75. The van der Waals surface area contributed by atoms with Gasteiger partial charge in [0, 0.05) is 19.5 Å². The van der Waals surface area contributed by atoms with Crippen molar-refractivity contribution in [1.29, 1.82) is 0 Å². The molecule has 4 nitrogen and oxygen atoms in total. The van der Waals surface area contributed by atoms with E-state index in [-0.39, 0.29) is 39.0 Å². The van der Waals surface area contributed by atoms with Gasteiger partial charge in [-0.25, -0.2) is 0 Å². The van der Waals surface area contributed by atoms with Crippen molar-refractivity contribution in [2.24, 2.45) is 0 Å². The van der Waals surface area contributed by atoms with Crippen LogP contribution in [0.25, 0.3) is 0 Å². The smallest absolute Gasteiger partial charge is 0.545 e. The monoisotopic (exact) mass is 588 g/mol. The number of rotatable bonds is 0. The average Bonchev–Trinajstić information content (AvgIpc) is 3.04. The SMILES string of the molecule is C[C]1[C](C)[C](C)[C](C)[C]1C.C[C]1[C](C)[C](C)[C](C)[C]1C.[C-]#[O+].[C-]#[O+].[CH-]=O.[CH-]=O.[Ru+2].[Ru]. The molecule has 0 aromatic carbocycles. The molecule has 2 aliphatic rings. The summed E-state index contributed by atoms with van der Waals surface area (Å²) in [5.74, 6) is 14.7. The minimum Gasteiger partial charge on any atom is -0.545 e. The summed E-state index contributed by atoms with van der Waals surface area (Å²) in [4.78, 5) is 15.5. The van der Waals surface area contributed by atoms with Gasteiger partial charge in [-0.1, -0.05) is 69.2 Å². The number of hydrogen-bond donors (Lipinski definition) is 0. The van der Waals surface area contributed by atoms with Gasteiger partial charge in [0.15, 0.2) is 0 Å². The fourth-order valence-corrected chi connectivity index (χ4v) is 2.81. The Labute approximate surface area is 212 Å². The van der Waals surface area contributed by atoms with Crippen molar-refractivity contribution in [2.45, 2.75) is 69.2 Å². The summed E-state index contributed by atoms with van der Waals surface area (Å²) >= 11 is 0. The fraction of sp³-hybridized carbons (Fsp3) is 0.417. The Kier molecular flexibility index (Phi) is 37.0. The second-order valence-corrected chi connectivity index (χ2v) is 6.25. The molecule has 2 aliphatic carbocycles. The second-order valence-electron chi connectivity index (χ2n) is 6.25. The molecule has 0 aromatic heterocycles. The van der Waals surface area contributed by atoms with E-state index in [9.17, 15) is 0 Å². The van der Waals surface area contributed by atoms with E-state index < -0.39 is 0 Å². The maximum Gasteiger partial charge on any atom is 2.00 e. The standard InChI is InChI=1S/2C10H15.2CHO.2CO.2Ru/c2*1-6-7(2)9(4)10(5)8(6)3;4*1-2;;/h2*1-5H3;2*1H;;;;/q;;2*-1;;;;+2. The third kappa shape index (κ3) is 12.8. The van der Waals surface area contributed by atoms with Gasteiger partial charge in [0.2, 0.25) is 0 Å². The molecule has 30 heavy (non-hydrogen) atoms. The zero-order valence-corrected chi connectivity index (χ0v) is 23.0. The van der Waals surface area contributed by atoms with Gasteiger partial charge in [-0.05, 0) is 59.2 Å². The quantitative estimate of drug-likeness (QED) is 0.167. The van der Waals surface area contributed by atoms with Crippen LogP contribution in [0.5, 0.6) is 0 Å². The Hall–Kier alpha value is 0.0668. The zero-order chi connectivity index (χ0) is 23.8. The van der Waals surface area contributed by atoms with Crippen molar-refractivity contribution in [2.75, 3.05) is 0 Å². The van der Waals surface area contributed by atoms with E-state index in [0.29, 0.717) is 0 Å². The number of hydrogen-bond acceptors (Lipinski definition) is 2. The first-order chi connectivity index (χ1) is 13.1. The fourth-order valence-electron chi connectivity index (χ4n) is 2.81. The Morgan fingerprint density at radius 2 is 0.433 bits per heavy atom. The molecular formula is C24H32O4Ru2. The molecule has 168 valence electrons. The van der Waals surface area contributed by atoms with Crippen LogP contribution in [0.3, 0.4) is 0 Å². The van der Waals surface area contributed by atoms with Crippen LogP contribution in [0.2, 0.25) is 0 Å². The Balaban J connectivity index is -0.0000000686. The van der Waals surface area contributed by atoms with E-state index in [4.69, 9.17) is 18.9 Å². The summed E-state index contributed by atoms with van der Waals surface area (Å²) in [5.41, 5.74) is 0. The maximum absolute atomic E-state index is 7.75. The molecule has 0 heterocycles. The predicted octanol–water partition coefficient (Wildman–Crippen LogP) is 5.32. The molecule has 0 bridgehead atoms. The van der Waals surface area contributed by atoms with Crippen molar-refractivity contribution >= 4 is 13.6 Å². The molecule has 0 unspecified atom stereocenters. The first kappa shape index (κ1) is 43.9. The van der Waals surface area contributed by atoms with Crippen molar-refractivity contribution in [3.63, 3.8) is 0 Å². The minimum absolute atomic E-state index is 0. The Morgan fingerprint density at radius 1 is 0.400 bits per heavy atom. The molecule has 10 radical (unpaired) electrons. The molecule has 0 spiro atoms. The van der Waals surface area contributed by atoms with Crippen LogP contribution >= 0.6 is 0 Å². The van der Waals surface area contributed by atoms with Crippen molar-refractivity contribution in [3.05, 3.63) is 72.5 Å². The van der Waals surface area contributed by atoms with Crippen LogP contribution in [-0.4, -0.2) is 13.6 Å². The summed E-state index contributed by atoms with van der Waals surface area (Å²) in [6.07, 6.45) is 0. The Bertz CT molecular complexity index is 289. The van der Waals surface area contributed by atoms with Crippen LogP contribution in [0.4, 0.5) is 0 Å². The largest absolute Gasteiger partial charge is 2.00 e. The van der Waals surface area contributed by atoms with Crippen molar-refractivity contribution in [3.8, 4) is 0 Å². The molecule has 0 aromatic rings. The number of carbonyl (C=O) groups excluding carboxylic acids is 2. The van der Waals surface area contributed by atoms with E-state index >= 15 is 0 Å². The molecule has 2 rings (SSSR count). The van der Waals surface area contributed by atoms with Gasteiger partial charge in [-0.15, -0.1) is 0 Å². The molecular weight excluding hydrogens is 554 g/mol. The normalized spacial score (nSPS) is 19.4. The van der Waals surface area contributed by atoms with Gasteiger partial charge in [0.05, 0.1) is 0 Å². The summed E-state index contributed by atoms with van der Waals surface area (Å²) in [5, 5.41) is 0. The summed E-state index contributed by atoms with van der Waals surface area (Å²) in [6, 6.07) is 0. The Morgan fingerprint density at radius 3 is 0.467 bits per heavy atom. The molecule has 0 N–H and O–H groups in total. The van der Waals surface area contributed by atoms with Gasteiger partial charge in [-0.2, -0.15) is 0 Å². The first-order valence-corrected chi connectivity index (χ1v) is 8.38. The van der Waals surface area contributed by atoms with E-state index in [1.807, 2.05) is 0 Å². The third-order valence-corrected chi connectivity index (χ3v) is 5.62. The first-order valence-electron chi connectivity index (χ1n) is 8.38. The minimum atomic E-state index is 0. The van der Waals surface area contributed by atoms with E-state index in [2.05, 4.69) is 96.1 Å². The molecule has 6 heteroatoms. The van der Waals surface area contributed by atoms with Gasteiger partial charge in [-0.3, -0.25) is 13.6 Å². The molecule has 0 saturated heterocycles. The van der Waals surface area contributed by atoms with E-state index in [1.54, 1.807) is 0 Å². The topological polar surface area (TPSA) is 73.9 Å². The van der Waals surface area contributed by atoms with Crippen LogP contribution in [0, 0.1) is 72.5 Å². The molecule has 2 fully saturated rings. The third-order valence-electron chi connectivity index (χ3n) is 5.62. The zero-order valence-electron chi connectivity index (χ0n) is 19.5. The van der Waals surface area contributed by atoms with Gasteiger partial charge >= 0.3 is 42.1 Å². The predicted molar refractivity (Wildman–Crippen MR) is 111 cm³/mol. The summed E-state index contributed by atoms with van der Waals surface area (Å²) in [6.45, 7) is 37.5. The summed E-state index contributed by atoms with van der Waals surface area (Å²) < 4.78 is 15.0. The van der Waals surface area contributed by atoms with Crippen LogP contribution in [0.15, 0.2) is 0 Å². The van der Waals surface area contributed by atoms with Crippen LogP contribution < -0.4 is 0 Å². The molecule has 2 saturated carbocycles. The average molecular weight is 587 g/mol. The van der Waals surface area contributed by atoms with Crippen molar-refractivity contribution in [1.82, 2.24) is 0 Å². The van der Waals surface area contributed by atoms with Gasteiger partial charge in [0.1, 0.15) is 0 Å². The molecule has 0 amide bonds. The van der Waals surface area contributed by atoms with Gasteiger partial charge in [0.25, 0.3) is 0 Å². The van der Waals surface area contributed by atoms with Crippen molar-refractivity contribution < 1.29 is 57.8 Å².